The van der Waals surface area contributed by atoms with E-state index in [9.17, 15) is 5.11 Å². The number of hydrogen-bond acceptors (Lipinski definition) is 3. The average molecular weight is 262 g/mol. The van der Waals surface area contributed by atoms with Crippen LogP contribution in [0.3, 0.4) is 0 Å². The van der Waals surface area contributed by atoms with Crippen LogP contribution in [0.25, 0.3) is 0 Å². The van der Waals surface area contributed by atoms with E-state index in [4.69, 9.17) is 5.73 Å². The van der Waals surface area contributed by atoms with Gasteiger partial charge in [0.25, 0.3) is 0 Å². The molecule has 0 radical (unpaired) electrons. The van der Waals surface area contributed by atoms with Gasteiger partial charge in [0.1, 0.15) is 0 Å². The molecule has 106 valence electrons. The van der Waals surface area contributed by atoms with Gasteiger partial charge >= 0.3 is 0 Å². The van der Waals surface area contributed by atoms with Crippen LogP contribution in [-0.2, 0) is 6.42 Å². The zero-order chi connectivity index (χ0) is 14.0. The van der Waals surface area contributed by atoms with Gasteiger partial charge in [-0.3, -0.25) is 4.90 Å². The molecule has 1 aromatic carbocycles. The largest absolute Gasteiger partial charge is 0.390 e. The van der Waals surface area contributed by atoms with Gasteiger partial charge in [-0.25, -0.2) is 0 Å². The van der Waals surface area contributed by atoms with Gasteiger partial charge in [-0.05, 0) is 50.9 Å². The second kappa shape index (κ2) is 5.61. The van der Waals surface area contributed by atoms with Gasteiger partial charge in [-0.1, -0.05) is 24.3 Å². The highest BCUT2D eigenvalue weighted by atomic mass is 16.3. The van der Waals surface area contributed by atoms with Gasteiger partial charge in [0.15, 0.2) is 0 Å². The van der Waals surface area contributed by atoms with E-state index in [-0.39, 0.29) is 0 Å². The van der Waals surface area contributed by atoms with Gasteiger partial charge < -0.3 is 10.8 Å². The lowest BCUT2D eigenvalue weighted by Gasteiger charge is -2.22. The predicted molar refractivity (Wildman–Crippen MR) is 79.0 cm³/mol. The van der Waals surface area contributed by atoms with Crippen molar-refractivity contribution in [3.05, 3.63) is 35.4 Å². The fourth-order valence-electron chi connectivity index (χ4n) is 3.08. The zero-order valence-corrected chi connectivity index (χ0v) is 12.3. The molecular formula is C16H26N2O. The minimum absolute atomic E-state index is 0.468. The van der Waals surface area contributed by atoms with Crippen molar-refractivity contribution in [2.75, 3.05) is 20.1 Å². The summed E-state index contributed by atoms with van der Waals surface area (Å²) in [6, 6.07) is 9.08. The van der Waals surface area contributed by atoms with Gasteiger partial charge in [-0.2, -0.15) is 0 Å². The smallest absolute Gasteiger partial charge is 0.0631 e. The van der Waals surface area contributed by atoms with Crippen LogP contribution >= 0.6 is 0 Å². The highest BCUT2D eigenvalue weighted by Gasteiger charge is 2.29. The van der Waals surface area contributed by atoms with Crippen LogP contribution in [0.2, 0.25) is 0 Å². The number of nitrogens with two attached hydrogens (primary N) is 1. The summed E-state index contributed by atoms with van der Waals surface area (Å²) < 4.78 is 0. The van der Waals surface area contributed by atoms with E-state index in [1.54, 1.807) is 0 Å². The van der Waals surface area contributed by atoms with Crippen LogP contribution in [0.15, 0.2) is 24.3 Å². The fraction of sp³-hybridized carbons (Fsp3) is 0.625. The molecule has 1 saturated heterocycles. The highest BCUT2D eigenvalue weighted by Crippen LogP contribution is 2.34. The number of rotatable bonds is 4. The Hall–Kier alpha value is -0.900. The Kier molecular flexibility index (Phi) is 4.29. The normalized spacial score (nSPS) is 24.9. The SMILES string of the molecule is CN1CC(CN)CC1c1cccc(CC(C)(C)O)c1. The van der Waals surface area contributed by atoms with Crippen LogP contribution in [0.4, 0.5) is 0 Å². The summed E-state index contributed by atoms with van der Waals surface area (Å²) in [6.07, 6.45) is 1.83. The van der Waals surface area contributed by atoms with E-state index in [1.165, 1.54) is 11.1 Å². The molecule has 0 saturated carbocycles. The minimum atomic E-state index is -0.653. The van der Waals surface area contributed by atoms with Crippen LogP contribution in [0.5, 0.6) is 0 Å². The number of benzene rings is 1. The van der Waals surface area contributed by atoms with Gasteiger partial charge in [0, 0.05) is 19.0 Å². The van der Waals surface area contributed by atoms with Crippen molar-refractivity contribution in [3.8, 4) is 0 Å². The monoisotopic (exact) mass is 262 g/mol. The first-order valence-electron chi connectivity index (χ1n) is 7.10. The molecule has 1 aliphatic heterocycles. The third-order valence-electron chi connectivity index (χ3n) is 3.94. The van der Waals surface area contributed by atoms with Gasteiger partial charge in [-0.15, -0.1) is 0 Å². The summed E-state index contributed by atoms with van der Waals surface area (Å²) >= 11 is 0. The second-order valence-corrected chi connectivity index (χ2v) is 6.53. The average Bonchev–Trinajstić information content (AvgIpc) is 2.69. The first-order valence-corrected chi connectivity index (χ1v) is 7.10. The van der Waals surface area contributed by atoms with E-state index in [2.05, 4.69) is 36.2 Å². The van der Waals surface area contributed by atoms with E-state index in [0.29, 0.717) is 18.4 Å². The first-order chi connectivity index (χ1) is 8.89. The summed E-state index contributed by atoms with van der Waals surface area (Å²) in [7, 11) is 2.17. The molecular weight excluding hydrogens is 236 g/mol. The van der Waals surface area contributed by atoms with Crippen molar-refractivity contribution in [1.82, 2.24) is 4.90 Å². The summed E-state index contributed by atoms with van der Waals surface area (Å²) in [6.45, 7) is 5.55. The summed E-state index contributed by atoms with van der Waals surface area (Å²) in [5.74, 6) is 0.605. The van der Waals surface area contributed by atoms with Crippen LogP contribution in [0, 0.1) is 5.92 Å². The molecule has 3 heteroatoms. The van der Waals surface area contributed by atoms with Crippen molar-refractivity contribution in [2.24, 2.45) is 11.7 Å². The molecule has 0 spiro atoms. The molecule has 0 bridgehead atoms. The molecule has 0 amide bonds. The fourth-order valence-corrected chi connectivity index (χ4v) is 3.08. The molecule has 0 aliphatic carbocycles. The molecule has 1 aromatic rings. The second-order valence-electron chi connectivity index (χ2n) is 6.53. The maximum absolute atomic E-state index is 9.93. The molecule has 2 atom stereocenters. The van der Waals surface area contributed by atoms with Crippen LogP contribution in [0.1, 0.15) is 37.4 Å². The van der Waals surface area contributed by atoms with E-state index >= 15 is 0 Å². The number of likely N-dealkylation sites (tertiary alicyclic amines) is 1. The number of nitrogens with zero attached hydrogens (tertiary/aromatic N) is 1. The molecule has 2 rings (SSSR count). The Balaban J connectivity index is 2.15. The van der Waals surface area contributed by atoms with Crippen molar-refractivity contribution < 1.29 is 5.11 Å². The molecule has 0 aromatic heterocycles. The summed E-state index contributed by atoms with van der Waals surface area (Å²) in [5, 5.41) is 9.93. The number of aliphatic hydroxyl groups is 1. The van der Waals surface area contributed by atoms with Gasteiger partial charge in [0.2, 0.25) is 0 Å². The third-order valence-corrected chi connectivity index (χ3v) is 3.94. The molecule has 2 unspecified atom stereocenters. The maximum atomic E-state index is 9.93. The third kappa shape index (κ3) is 3.78. The summed E-state index contributed by atoms with van der Waals surface area (Å²) in [5.41, 5.74) is 7.69. The molecule has 3 nitrogen and oxygen atoms in total. The molecule has 1 heterocycles. The Bertz CT molecular complexity index is 425. The summed E-state index contributed by atoms with van der Waals surface area (Å²) in [4.78, 5) is 2.39. The predicted octanol–water partition coefficient (Wildman–Crippen LogP) is 1.95. The first kappa shape index (κ1) is 14.5. The standard InChI is InChI=1S/C16H26N2O/c1-16(2,19)9-12-5-4-6-14(7-12)15-8-13(10-17)11-18(15)3/h4-7,13,15,19H,8-11,17H2,1-3H3. The lowest BCUT2D eigenvalue weighted by molar-refractivity contribution is 0.0809. The van der Waals surface area contributed by atoms with E-state index in [1.807, 2.05) is 13.8 Å². The Morgan fingerprint density at radius 1 is 1.42 bits per heavy atom. The lowest BCUT2D eigenvalue weighted by Crippen LogP contribution is -2.22. The van der Waals surface area contributed by atoms with Crippen molar-refractivity contribution in [1.29, 1.82) is 0 Å². The Morgan fingerprint density at radius 3 is 2.74 bits per heavy atom. The van der Waals surface area contributed by atoms with Crippen molar-refractivity contribution in [2.45, 2.75) is 38.3 Å². The van der Waals surface area contributed by atoms with Crippen molar-refractivity contribution in [3.63, 3.8) is 0 Å². The van der Waals surface area contributed by atoms with E-state index in [0.717, 1.165) is 19.5 Å². The lowest BCUT2D eigenvalue weighted by atomic mass is 9.94. The zero-order valence-electron chi connectivity index (χ0n) is 12.3. The van der Waals surface area contributed by atoms with Crippen LogP contribution in [-0.4, -0.2) is 35.7 Å². The number of hydrogen-bond donors (Lipinski definition) is 2. The Morgan fingerprint density at radius 2 is 2.16 bits per heavy atom. The van der Waals surface area contributed by atoms with E-state index < -0.39 is 5.60 Å². The molecule has 1 aliphatic rings. The minimum Gasteiger partial charge on any atom is -0.390 e. The molecule has 1 fully saturated rings. The molecule has 19 heavy (non-hydrogen) atoms. The van der Waals surface area contributed by atoms with Crippen LogP contribution < -0.4 is 5.73 Å². The molecule has 3 N–H and O–H groups in total. The van der Waals surface area contributed by atoms with Gasteiger partial charge in [0.05, 0.1) is 5.60 Å². The highest BCUT2D eigenvalue weighted by molar-refractivity contribution is 5.28. The quantitative estimate of drug-likeness (QED) is 0.872. The Labute approximate surface area is 116 Å². The maximum Gasteiger partial charge on any atom is 0.0631 e. The topological polar surface area (TPSA) is 49.5 Å². The van der Waals surface area contributed by atoms with Crippen molar-refractivity contribution >= 4 is 0 Å².